The summed E-state index contributed by atoms with van der Waals surface area (Å²) in [7, 11) is 0. The van der Waals surface area contributed by atoms with E-state index >= 15 is 0 Å². The van der Waals surface area contributed by atoms with Crippen LogP contribution in [0.15, 0.2) is 103 Å². The topological polar surface area (TPSA) is 74.8 Å². The lowest BCUT2D eigenvalue weighted by Crippen LogP contribution is -2.40. The molecule has 2 heterocycles. The number of carbonyl (C=O) groups is 4. The van der Waals surface area contributed by atoms with Crippen molar-refractivity contribution in [1.82, 2.24) is 9.80 Å². The fourth-order valence-electron chi connectivity index (χ4n) is 5.76. The summed E-state index contributed by atoms with van der Waals surface area (Å²) in [6.07, 6.45) is 3.60. The van der Waals surface area contributed by atoms with Gasteiger partial charge in [0.05, 0.1) is 6.54 Å². The van der Waals surface area contributed by atoms with Gasteiger partial charge in [0, 0.05) is 39.6 Å². The molecule has 4 amide bonds. The van der Waals surface area contributed by atoms with E-state index in [1.54, 1.807) is 30.3 Å². The highest BCUT2D eigenvalue weighted by molar-refractivity contribution is 6.27. The smallest absolute Gasteiger partial charge is 0.261 e. The SMILES string of the molecule is O=C1c2cccc3cccc(c23)C(=O)N1C/C=C/c1ccc2c3c(cccc13)C(=O)N(Cc1ccccc1)C2=O. The Labute approximate surface area is 229 Å². The fourth-order valence-corrected chi connectivity index (χ4v) is 5.76. The largest absolute Gasteiger partial charge is 0.270 e. The van der Waals surface area contributed by atoms with E-state index in [-0.39, 0.29) is 36.7 Å². The summed E-state index contributed by atoms with van der Waals surface area (Å²) in [5, 5.41) is 2.94. The van der Waals surface area contributed by atoms with Crippen LogP contribution < -0.4 is 0 Å². The van der Waals surface area contributed by atoms with E-state index in [9.17, 15) is 19.2 Å². The van der Waals surface area contributed by atoms with Crippen LogP contribution in [-0.2, 0) is 6.54 Å². The second-order valence-corrected chi connectivity index (χ2v) is 9.95. The lowest BCUT2D eigenvalue weighted by molar-refractivity contribution is 0.0592. The average molecular weight is 523 g/mol. The number of carbonyl (C=O) groups excluding carboxylic acids is 4. The highest BCUT2D eigenvalue weighted by Crippen LogP contribution is 2.34. The molecule has 0 aliphatic carbocycles. The Morgan fingerprint density at radius 1 is 0.525 bits per heavy atom. The molecule has 6 heteroatoms. The second-order valence-electron chi connectivity index (χ2n) is 9.95. The Kier molecular flexibility index (Phi) is 5.42. The summed E-state index contributed by atoms with van der Waals surface area (Å²) >= 11 is 0. The maximum Gasteiger partial charge on any atom is 0.261 e. The van der Waals surface area contributed by atoms with Crippen molar-refractivity contribution >= 4 is 51.2 Å². The van der Waals surface area contributed by atoms with Gasteiger partial charge in [-0.3, -0.25) is 29.0 Å². The van der Waals surface area contributed by atoms with Crippen LogP contribution in [0, 0.1) is 0 Å². The van der Waals surface area contributed by atoms with Crippen molar-refractivity contribution in [2.24, 2.45) is 0 Å². The van der Waals surface area contributed by atoms with E-state index in [0.29, 0.717) is 33.0 Å². The molecular formula is C34H22N2O4. The molecule has 2 aliphatic heterocycles. The number of hydrogen-bond donors (Lipinski definition) is 0. The molecule has 2 aliphatic rings. The molecule has 5 aromatic rings. The molecule has 5 aromatic carbocycles. The van der Waals surface area contributed by atoms with Crippen LogP contribution >= 0.6 is 0 Å². The Morgan fingerprint density at radius 3 is 1.77 bits per heavy atom. The van der Waals surface area contributed by atoms with Crippen molar-refractivity contribution in [2.45, 2.75) is 6.54 Å². The third-order valence-electron chi connectivity index (χ3n) is 7.65. The molecule has 6 nitrogen and oxygen atoms in total. The van der Waals surface area contributed by atoms with Crippen molar-refractivity contribution in [2.75, 3.05) is 6.54 Å². The molecule has 40 heavy (non-hydrogen) atoms. The Balaban J connectivity index is 1.20. The minimum Gasteiger partial charge on any atom is -0.270 e. The van der Waals surface area contributed by atoms with Gasteiger partial charge in [-0.05, 0) is 46.2 Å². The van der Waals surface area contributed by atoms with Crippen LogP contribution in [0.1, 0.15) is 52.6 Å². The average Bonchev–Trinajstić information content (AvgIpc) is 2.99. The monoisotopic (exact) mass is 522 g/mol. The quantitative estimate of drug-likeness (QED) is 0.262. The maximum absolute atomic E-state index is 13.4. The van der Waals surface area contributed by atoms with E-state index < -0.39 is 0 Å². The molecule has 0 saturated heterocycles. The normalized spacial score (nSPS) is 14.7. The van der Waals surface area contributed by atoms with Gasteiger partial charge in [0.1, 0.15) is 0 Å². The number of hydrogen-bond acceptors (Lipinski definition) is 4. The highest BCUT2D eigenvalue weighted by atomic mass is 16.2. The fraction of sp³-hybridized carbons (Fsp3) is 0.0588. The third-order valence-corrected chi connectivity index (χ3v) is 7.65. The van der Waals surface area contributed by atoms with Crippen molar-refractivity contribution in [3.05, 3.63) is 137 Å². The number of rotatable bonds is 5. The van der Waals surface area contributed by atoms with Gasteiger partial charge in [0.15, 0.2) is 0 Å². The van der Waals surface area contributed by atoms with Gasteiger partial charge < -0.3 is 0 Å². The summed E-state index contributed by atoms with van der Waals surface area (Å²) in [5.74, 6) is -1.31. The van der Waals surface area contributed by atoms with E-state index in [1.807, 2.05) is 78.9 Å². The van der Waals surface area contributed by atoms with Crippen molar-refractivity contribution in [3.8, 4) is 0 Å². The highest BCUT2D eigenvalue weighted by Gasteiger charge is 2.34. The molecule has 0 aromatic heterocycles. The predicted molar refractivity (Wildman–Crippen MR) is 153 cm³/mol. The second kappa shape index (κ2) is 9.13. The molecule has 0 unspecified atom stereocenters. The standard InChI is InChI=1S/C34H22N2O4/c37-31-25-14-4-10-23-11-5-15-26(29(23)25)32(38)35(31)19-7-12-22-17-18-28-30-24(22)13-6-16-27(30)33(39)36(34(28)40)20-21-8-2-1-3-9-21/h1-18H,19-20H2/b12-7+. The minimum atomic E-state index is -0.328. The van der Waals surface area contributed by atoms with Crippen LogP contribution in [-0.4, -0.2) is 40.0 Å². The number of imide groups is 2. The van der Waals surface area contributed by atoms with E-state index in [2.05, 4.69) is 0 Å². The Bertz CT molecular complexity index is 1870. The minimum absolute atomic E-state index is 0.0913. The van der Waals surface area contributed by atoms with E-state index in [0.717, 1.165) is 21.9 Å². The summed E-state index contributed by atoms with van der Waals surface area (Å²) in [4.78, 5) is 55.8. The first-order valence-corrected chi connectivity index (χ1v) is 13.0. The lowest BCUT2D eigenvalue weighted by Gasteiger charge is -2.28. The van der Waals surface area contributed by atoms with E-state index in [4.69, 9.17) is 0 Å². The van der Waals surface area contributed by atoms with Crippen molar-refractivity contribution in [3.63, 3.8) is 0 Å². The Morgan fingerprint density at radius 2 is 1.10 bits per heavy atom. The van der Waals surface area contributed by atoms with Crippen LogP contribution in [0.25, 0.3) is 27.6 Å². The van der Waals surface area contributed by atoms with Gasteiger partial charge in [-0.2, -0.15) is 0 Å². The summed E-state index contributed by atoms with van der Waals surface area (Å²) in [5.41, 5.74) is 3.64. The maximum atomic E-state index is 13.4. The molecule has 0 atom stereocenters. The summed E-state index contributed by atoms with van der Waals surface area (Å²) < 4.78 is 0. The van der Waals surface area contributed by atoms with Gasteiger partial charge in [-0.25, -0.2) is 0 Å². The number of benzene rings is 5. The molecule has 0 radical (unpaired) electrons. The molecule has 7 rings (SSSR count). The van der Waals surface area contributed by atoms with E-state index in [1.165, 1.54) is 9.80 Å². The lowest BCUT2D eigenvalue weighted by atomic mass is 9.91. The zero-order chi connectivity index (χ0) is 27.4. The molecule has 0 saturated carbocycles. The predicted octanol–water partition coefficient (Wildman–Crippen LogP) is 6.10. The van der Waals surface area contributed by atoms with Gasteiger partial charge in [0.25, 0.3) is 23.6 Å². The van der Waals surface area contributed by atoms with Crippen molar-refractivity contribution < 1.29 is 19.2 Å². The molecule has 0 N–H and O–H groups in total. The number of amides is 4. The van der Waals surface area contributed by atoms with Crippen LogP contribution in [0.5, 0.6) is 0 Å². The number of nitrogens with zero attached hydrogens (tertiary/aromatic N) is 2. The summed E-state index contributed by atoms with van der Waals surface area (Å²) in [6, 6.07) is 29.4. The van der Waals surface area contributed by atoms with Crippen LogP contribution in [0.4, 0.5) is 0 Å². The Hall–Kier alpha value is -5.36. The zero-order valence-electron chi connectivity index (χ0n) is 21.3. The van der Waals surface area contributed by atoms with Gasteiger partial charge in [-0.1, -0.05) is 84.9 Å². The van der Waals surface area contributed by atoms with Gasteiger partial charge in [-0.15, -0.1) is 0 Å². The molecule has 0 bridgehead atoms. The van der Waals surface area contributed by atoms with Crippen LogP contribution in [0.2, 0.25) is 0 Å². The molecule has 192 valence electrons. The summed E-state index contributed by atoms with van der Waals surface area (Å²) in [6.45, 7) is 0.290. The first-order valence-electron chi connectivity index (χ1n) is 13.0. The molecule has 0 spiro atoms. The van der Waals surface area contributed by atoms with Gasteiger partial charge in [0.2, 0.25) is 0 Å². The zero-order valence-corrected chi connectivity index (χ0v) is 21.3. The molecule has 0 fully saturated rings. The first kappa shape index (κ1) is 23.7. The van der Waals surface area contributed by atoms with Gasteiger partial charge >= 0.3 is 0 Å². The third kappa shape index (κ3) is 3.57. The van der Waals surface area contributed by atoms with Crippen LogP contribution in [0.3, 0.4) is 0 Å². The molecular weight excluding hydrogens is 500 g/mol. The van der Waals surface area contributed by atoms with Crippen molar-refractivity contribution in [1.29, 1.82) is 0 Å². The first-order chi connectivity index (χ1) is 19.5.